The van der Waals surface area contributed by atoms with E-state index in [2.05, 4.69) is 17.2 Å². The summed E-state index contributed by atoms with van der Waals surface area (Å²) in [5.41, 5.74) is 1.50. The monoisotopic (exact) mass is 283 g/mol. The van der Waals surface area contributed by atoms with Gasteiger partial charge in [-0.25, -0.2) is 4.98 Å². The van der Waals surface area contributed by atoms with Gasteiger partial charge in [0.2, 0.25) is 0 Å². The molecule has 1 N–H and O–H groups in total. The molecule has 106 valence electrons. The molecule has 0 bridgehead atoms. The molecule has 0 aliphatic carbocycles. The maximum Gasteiger partial charge on any atom is 0.253 e. The molecule has 0 aromatic carbocycles. The second-order valence-electron chi connectivity index (χ2n) is 4.60. The van der Waals surface area contributed by atoms with Crippen molar-refractivity contribution in [2.24, 2.45) is 0 Å². The molecule has 5 heteroatoms. The topological polar surface area (TPSA) is 45.2 Å². The van der Waals surface area contributed by atoms with Crippen molar-refractivity contribution in [3.05, 3.63) is 28.5 Å². The largest absolute Gasteiger partial charge is 0.342 e. The third-order valence-corrected chi connectivity index (χ3v) is 3.06. The first-order valence-electron chi connectivity index (χ1n) is 6.65. The van der Waals surface area contributed by atoms with E-state index in [4.69, 9.17) is 11.6 Å². The molecule has 0 unspecified atom stereocenters. The first kappa shape index (κ1) is 15.9. The molecule has 1 rings (SSSR count). The Labute approximate surface area is 120 Å². The lowest BCUT2D eigenvalue weighted by Crippen LogP contribution is -2.29. The Bertz CT molecular complexity index is 423. The van der Waals surface area contributed by atoms with Gasteiger partial charge >= 0.3 is 0 Å². The van der Waals surface area contributed by atoms with Gasteiger partial charge in [-0.1, -0.05) is 24.9 Å². The molecule has 0 saturated heterocycles. The second kappa shape index (κ2) is 8.12. The average molecular weight is 284 g/mol. The number of nitrogens with zero attached hydrogens (tertiary/aromatic N) is 2. The molecule has 0 aliphatic heterocycles. The summed E-state index contributed by atoms with van der Waals surface area (Å²) < 4.78 is 0. The maximum atomic E-state index is 12.3. The number of rotatable bonds is 7. The van der Waals surface area contributed by atoms with Crippen LogP contribution in [0.25, 0.3) is 0 Å². The summed E-state index contributed by atoms with van der Waals surface area (Å²) in [5, 5.41) is 3.45. The Balaban J connectivity index is 2.74. The average Bonchev–Trinajstić information content (AvgIpc) is 2.37. The highest BCUT2D eigenvalue weighted by Gasteiger charge is 2.13. The van der Waals surface area contributed by atoms with Gasteiger partial charge in [-0.2, -0.15) is 0 Å². The molecular weight excluding hydrogens is 262 g/mol. The molecule has 1 heterocycles. The smallest absolute Gasteiger partial charge is 0.253 e. The van der Waals surface area contributed by atoms with Gasteiger partial charge in [-0.05, 0) is 38.6 Å². The van der Waals surface area contributed by atoms with Crippen molar-refractivity contribution >= 4 is 17.5 Å². The first-order valence-corrected chi connectivity index (χ1v) is 7.02. The summed E-state index contributed by atoms with van der Waals surface area (Å²) in [6.45, 7) is 3.70. The van der Waals surface area contributed by atoms with E-state index < -0.39 is 0 Å². The zero-order chi connectivity index (χ0) is 14.3. The molecule has 0 saturated carbocycles. The van der Waals surface area contributed by atoms with E-state index >= 15 is 0 Å². The Hall–Kier alpha value is -1.13. The van der Waals surface area contributed by atoms with Gasteiger partial charge in [-0.15, -0.1) is 0 Å². The summed E-state index contributed by atoms with van der Waals surface area (Å²) >= 11 is 5.97. The summed E-state index contributed by atoms with van der Waals surface area (Å²) in [5.74, 6) is -0.00208. The lowest BCUT2D eigenvalue weighted by Gasteiger charge is -2.17. The van der Waals surface area contributed by atoms with Gasteiger partial charge in [0.25, 0.3) is 5.91 Å². The van der Waals surface area contributed by atoms with Crippen LogP contribution in [0.4, 0.5) is 0 Å². The molecule has 4 nitrogen and oxygen atoms in total. The van der Waals surface area contributed by atoms with E-state index in [9.17, 15) is 4.79 Å². The number of aromatic nitrogens is 1. The van der Waals surface area contributed by atoms with Crippen LogP contribution in [-0.4, -0.2) is 43.0 Å². The molecule has 0 spiro atoms. The minimum Gasteiger partial charge on any atom is -0.342 e. The predicted molar refractivity (Wildman–Crippen MR) is 78.7 cm³/mol. The van der Waals surface area contributed by atoms with Crippen molar-refractivity contribution in [3.8, 4) is 0 Å². The van der Waals surface area contributed by atoms with Gasteiger partial charge in [0, 0.05) is 24.8 Å². The fraction of sp³-hybridized carbons (Fsp3) is 0.571. The summed E-state index contributed by atoms with van der Waals surface area (Å²) in [4.78, 5) is 18.2. The minimum atomic E-state index is -0.00208. The van der Waals surface area contributed by atoms with Gasteiger partial charge in [0.15, 0.2) is 0 Å². The minimum absolute atomic E-state index is 0.00208. The van der Waals surface area contributed by atoms with Crippen LogP contribution in [0.1, 0.15) is 35.8 Å². The normalized spacial score (nSPS) is 10.5. The van der Waals surface area contributed by atoms with Crippen molar-refractivity contribution in [2.75, 3.05) is 27.2 Å². The van der Waals surface area contributed by atoms with Crippen molar-refractivity contribution in [2.45, 2.75) is 26.2 Å². The predicted octanol–water partition coefficient (Wildman–Crippen LogP) is 2.37. The maximum absolute atomic E-state index is 12.3. The molecule has 1 amide bonds. The van der Waals surface area contributed by atoms with E-state index in [-0.39, 0.29) is 5.91 Å². The number of amides is 1. The summed E-state index contributed by atoms with van der Waals surface area (Å²) in [6.07, 6.45) is 2.75. The number of pyridine rings is 1. The van der Waals surface area contributed by atoms with Gasteiger partial charge in [0.05, 0.1) is 0 Å². The number of carbonyl (C=O) groups excluding carboxylic acids is 1. The SMILES string of the molecule is CCCc1cc(C(=O)N(C)CCCNC)cc(Cl)n1. The van der Waals surface area contributed by atoms with E-state index in [1.54, 1.807) is 11.0 Å². The number of hydrogen-bond acceptors (Lipinski definition) is 3. The number of aryl methyl sites for hydroxylation is 1. The Morgan fingerprint density at radius 2 is 2.21 bits per heavy atom. The fourth-order valence-electron chi connectivity index (χ4n) is 1.87. The standard InChI is InChI=1S/C14H22ClN3O/c1-4-6-12-9-11(10-13(15)17-12)14(19)18(3)8-5-7-16-2/h9-10,16H,4-8H2,1-3H3. The highest BCUT2D eigenvalue weighted by atomic mass is 35.5. The van der Waals surface area contributed by atoms with Crippen LogP contribution in [0, 0.1) is 0 Å². The van der Waals surface area contributed by atoms with Crippen LogP contribution in [-0.2, 0) is 6.42 Å². The van der Waals surface area contributed by atoms with E-state index in [0.717, 1.165) is 38.0 Å². The fourth-order valence-corrected chi connectivity index (χ4v) is 2.10. The molecule has 19 heavy (non-hydrogen) atoms. The van der Waals surface area contributed by atoms with Crippen LogP contribution in [0.3, 0.4) is 0 Å². The summed E-state index contributed by atoms with van der Waals surface area (Å²) in [7, 11) is 3.72. The third-order valence-electron chi connectivity index (χ3n) is 2.87. The van der Waals surface area contributed by atoms with Crippen LogP contribution in [0.15, 0.2) is 12.1 Å². The summed E-state index contributed by atoms with van der Waals surface area (Å²) in [6, 6.07) is 3.48. The van der Waals surface area contributed by atoms with Crippen molar-refractivity contribution in [3.63, 3.8) is 0 Å². The van der Waals surface area contributed by atoms with Crippen molar-refractivity contribution in [1.29, 1.82) is 0 Å². The number of halogens is 1. The third kappa shape index (κ3) is 5.17. The lowest BCUT2D eigenvalue weighted by molar-refractivity contribution is 0.0793. The first-order chi connectivity index (χ1) is 9.08. The zero-order valence-corrected chi connectivity index (χ0v) is 12.6. The van der Waals surface area contributed by atoms with Crippen LogP contribution >= 0.6 is 11.6 Å². The van der Waals surface area contributed by atoms with E-state index in [0.29, 0.717) is 10.7 Å². The van der Waals surface area contributed by atoms with Crippen molar-refractivity contribution in [1.82, 2.24) is 15.2 Å². The van der Waals surface area contributed by atoms with Gasteiger partial charge in [-0.3, -0.25) is 4.79 Å². The highest BCUT2D eigenvalue weighted by Crippen LogP contribution is 2.14. The molecule has 0 atom stereocenters. The Morgan fingerprint density at radius 3 is 2.84 bits per heavy atom. The van der Waals surface area contributed by atoms with Crippen LogP contribution in [0.2, 0.25) is 5.15 Å². The number of hydrogen-bond donors (Lipinski definition) is 1. The Kier molecular flexibility index (Phi) is 6.81. The molecule has 0 radical (unpaired) electrons. The van der Waals surface area contributed by atoms with Crippen molar-refractivity contribution < 1.29 is 4.79 Å². The van der Waals surface area contributed by atoms with E-state index in [1.807, 2.05) is 20.2 Å². The molecule has 1 aromatic heterocycles. The molecule has 0 fully saturated rings. The number of nitrogens with one attached hydrogen (secondary N) is 1. The van der Waals surface area contributed by atoms with E-state index in [1.165, 1.54) is 0 Å². The van der Waals surface area contributed by atoms with Crippen LogP contribution in [0.5, 0.6) is 0 Å². The molecule has 0 aliphatic rings. The number of carbonyl (C=O) groups is 1. The highest BCUT2D eigenvalue weighted by molar-refractivity contribution is 6.29. The lowest BCUT2D eigenvalue weighted by atomic mass is 10.1. The van der Waals surface area contributed by atoms with Gasteiger partial charge < -0.3 is 10.2 Å². The van der Waals surface area contributed by atoms with Gasteiger partial charge in [0.1, 0.15) is 5.15 Å². The second-order valence-corrected chi connectivity index (χ2v) is 4.99. The molecular formula is C14H22ClN3O. The Morgan fingerprint density at radius 1 is 1.47 bits per heavy atom. The van der Waals surface area contributed by atoms with Crippen LogP contribution < -0.4 is 5.32 Å². The molecule has 1 aromatic rings. The quantitative estimate of drug-likeness (QED) is 0.617. The zero-order valence-electron chi connectivity index (χ0n) is 11.9.